The van der Waals surface area contributed by atoms with Gasteiger partial charge in [-0.1, -0.05) is 0 Å². The van der Waals surface area contributed by atoms with Gasteiger partial charge in [-0.25, -0.2) is 0 Å². The molecule has 4 nitrogen and oxygen atoms in total. The summed E-state index contributed by atoms with van der Waals surface area (Å²) in [6, 6.07) is 7.57. The number of nitrogen functional groups attached to an aromatic ring is 1. The lowest BCUT2D eigenvalue weighted by Crippen LogP contribution is -2.19. The van der Waals surface area contributed by atoms with Crippen molar-refractivity contribution in [2.24, 2.45) is 0 Å². The van der Waals surface area contributed by atoms with E-state index < -0.39 is 0 Å². The molecule has 0 radical (unpaired) electrons. The van der Waals surface area contributed by atoms with Crippen LogP contribution < -0.4 is 10.5 Å². The molecular formula is C14H18N2O2. The van der Waals surface area contributed by atoms with Gasteiger partial charge in [-0.3, -0.25) is 4.98 Å². The Labute approximate surface area is 107 Å². The minimum absolute atomic E-state index is 0.0265. The van der Waals surface area contributed by atoms with Crippen molar-refractivity contribution in [1.82, 2.24) is 4.98 Å². The molecular weight excluding hydrogens is 228 g/mol. The third kappa shape index (κ3) is 2.71. The summed E-state index contributed by atoms with van der Waals surface area (Å²) in [5.74, 6) is 0.683. The summed E-state index contributed by atoms with van der Waals surface area (Å²) in [7, 11) is 0. The van der Waals surface area contributed by atoms with E-state index in [-0.39, 0.29) is 6.10 Å². The molecule has 2 N–H and O–H groups in total. The molecule has 0 aliphatic rings. The molecule has 1 heterocycles. The second-order valence-electron chi connectivity index (χ2n) is 4.14. The van der Waals surface area contributed by atoms with Crippen molar-refractivity contribution in [2.75, 3.05) is 18.9 Å². The fourth-order valence-electron chi connectivity index (χ4n) is 1.79. The lowest BCUT2D eigenvalue weighted by Gasteiger charge is -2.16. The molecule has 0 saturated carbocycles. The second-order valence-corrected chi connectivity index (χ2v) is 4.14. The number of nitrogens with zero attached hydrogens (tertiary/aromatic N) is 1. The Bertz CT molecular complexity index is 528. The van der Waals surface area contributed by atoms with Crippen molar-refractivity contribution in [3.8, 4) is 5.75 Å². The summed E-state index contributed by atoms with van der Waals surface area (Å²) in [4.78, 5) is 4.25. The lowest BCUT2D eigenvalue weighted by molar-refractivity contribution is 0.0661. The molecule has 1 aromatic carbocycles. The molecule has 0 aliphatic carbocycles. The Balaban J connectivity index is 2.21. The highest BCUT2D eigenvalue weighted by Crippen LogP contribution is 2.29. The second kappa shape index (κ2) is 5.69. The SMILES string of the molecule is CCOCC(C)Oc1ccc2ncccc2c1N. The number of hydrogen-bond donors (Lipinski definition) is 1. The minimum atomic E-state index is -0.0265. The highest BCUT2D eigenvalue weighted by molar-refractivity contribution is 5.93. The highest BCUT2D eigenvalue weighted by Gasteiger charge is 2.09. The van der Waals surface area contributed by atoms with E-state index in [1.165, 1.54) is 0 Å². The van der Waals surface area contributed by atoms with Gasteiger partial charge in [0.15, 0.2) is 0 Å². The van der Waals surface area contributed by atoms with Gasteiger partial charge >= 0.3 is 0 Å². The Kier molecular flexibility index (Phi) is 3.99. The fourth-order valence-corrected chi connectivity index (χ4v) is 1.79. The molecule has 0 saturated heterocycles. The van der Waals surface area contributed by atoms with Crippen LogP contribution in [0.15, 0.2) is 30.5 Å². The average molecular weight is 246 g/mol. The average Bonchev–Trinajstić information content (AvgIpc) is 2.40. The lowest BCUT2D eigenvalue weighted by atomic mass is 10.1. The summed E-state index contributed by atoms with van der Waals surface area (Å²) >= 11 is 0. The molecule has 4 heteroatoms. The molecule has 1 unspecified atom stereocenters. The van der Waals surface area contributed by atoms with Crippen LogP contribution in [0.5, 0.6) is 5.75 Å². The Morgan fingerprint density at radius 1 is 1.33 bits per heavy atom. The Hall–Kier alpha value is -1.81. The first-order valence-corrected chi connectivity index (χ1v) is 6.10. The topological polar surface area (TPSA) is 57.4 Å². The number of fused-ring (bicyclic) bond motifs is 1. The third-order valence-corrected chi connectivity index (χ3v) is 2.67. The maximum absolute atomic E-state index is 6.09. The van der Waals surface area contributed by atoms with Crippen LogP contribution in [0.3, 0.4) is 0 Å². The maximum atomic E-state index is 6.09. The Morgan fingerprint density at radius 2 is 2.17 bits per heavy atom. The van der Waals surface area contributed by atoms with Crippen LogP contribution >= 0.6 is 0 Å². The molecule has 18 heavy (non-hydrogen) atoms. The standard InChI is InChI=1S/C14H18N2O2/c1-3-17-9-10(2)18-13-7-6-12-11(14(13)15)5-4-8-16-12/h4-8,10H,3,9,15H2,1-2H3. The van der Waals surface area contributed by atoms with E-state index in [0.29, 0.717) is 24.7 Å². The smallest absolute Gasteiger partial charge is 0.143 e. The molecule has 1 aromatic heterocycles. The summed E-state index contributed by atoms with van der Waals surface area (Å²) in [5.41, 5.74) is 7.59. The predicted octanol–water partition coefficient (Wildman–Crippen LogP) is 2.62. The monoisotopic (exact) mass is 246 g/mol. The van der Waals surface area contributed by atoms with Crippen molar-refractivity contribution in [3.05, 3.63) is 30.5 Å². The highest BCUT2D eigenvalue weighted by atomic mass is 16.5. The van der Waals surface area contributed by atoms with Gasteiger partial charge in [0.25, 0.3) is 0 Å². The molecule has 0 fully saturated rings. The van der Waals surface area contributed by atoms with Gasteiger partial charge in [-0.2, -0.15) is 0 Å². The van der Waals surface area contributed by atoms with Crippen LogP contribution in [-0.4, -0.2) is 24.3 Å². The van der Waals surface area contributed by atoms with Gasteiger partial charge in [-0.05, 0) is 38.1 Å². The number of hydrogen-bond acceptors (Lipinski definition) is 4. The molecule has 0 amide bonds. The van der Waals surface area contributed by atoms with Crippen LogP contribution in [0.25, 0.3) is 10.9 Å². The van der Waals surface area contributed by atoms with Gasteiger partial charge in [0.05, 0.1) is 17.8 Å². The van der Waals surface area contributed by atoms with Crippen LogP contribution in [0.1, 0.15) is 13.8 Å². The summed E-state index contributed by atoms with van der Waals surface area (Å²) in [6.07, 6.45) is 1.72. The van der Waals surface area contributed by atoms with Gasteiger partial charge in [0.1, 0.15) is 11.9 Å². The molecule has 2 rings (SSSR count). The van der Waals surface area contributed by atoms with E-state index in [0.717, 1.165) is 10.9 Å². The zero-order chi connectivity index (χ0) is 13.0. The molecule has 0 spiro atoms. The molecule has 0 aliphatic heterocycles. The zero-order valence-corrected chi connectivity index (χ0v) is 10.7. The minimum Gasteiger partial charge on any atom is -0.486 e. The van der Waals surface area contributed by atoms with Crippen LogP contribution in [-0.2, 0) is 4.74 Å². The summed E-state index contributed by atoms with van der Waals surface area (Å²) < 4.78 is 11.1. The van der Waals surface area contributed by atoms with E-state index in [1.807, 2.05) is 38.1 Å². The summed E-state index contributed by atoms with van der Waals surface area (Å²) in [5, 5.41) is 0.915. The van der Waals surface area contributed by atoms with Crippen molar-refractivity contribution in [1.29, 1.82) is 0 Å². The number of nitrogens with two attached hydrogens (primary N) is 1. The van der Waals surface area contributed by atoms with E-state index in [1.54, 1.807) is 6.20 Å². The number of rotatable bonds is 5. The predicted molar refractivity (Wildman–Crippen MR) is 72.7 cm³/mol. The number of ether oxygens (including phenoxy) is 2. The van der Waals surface area contributed by atoms with Gasteiger partial charge < -0.3 is 15.2 Å². The molecule has 0 bridgehead atoms. The van der Waals surface area contributed by atoms with E-state index in [2.05, 4.69) is 4.98 Å². The first-order chi connectivity index (χ1) is 8.72. The van der Waals surface area contributed by atoms with E-state index in [4.69, 9.17) is 15.2 Å². The van der Waals surface area contributed by atoms with Crippen molar-refractivity contribution >= 4 is 16.6 Å². The van der Waals surface area contributed by atoms with Crippen molar-refractivity contribution in [2.45, 2.75) is 20.0 Å². The van der Waals surface area contributed by atoms with Crippen molar-refractivity contribution in [3.63, 3.8) is 0 Å². The zero-order valence-electron chi connectivity index (χ0n) is 10.7. The molecule has 96 valence electrons. The maximum Gasteiger partial charge on any atom is 0.143 e. The van der Waals surface area contributed by atoms with Crippen molar-refractivity contribution < 1.29 is 9.47 Å². The van der Waals surface area contributed by atoms with Gasteiger partial charge in [0, 0.05) is 18.2 Å². The first kappa shape index (κ1) is 12.6. The van der Waals surface area contributed by atoms with Gasteiger partial charge in [-0.15, -0.1) is 0 Å². The first-order valence-electron chi connectivity index (χ1n) is 6.10. The van der Waals surface area contributed by atoms with Crippen LogP contribution in [0, 0.1) is 0 Å². The normalized spacial score (nSPS) is 12.6. The van der Waals surface area contributed by atoms with E-state index in [9.17, 15) is 0 Å². The largest absolute Gasteiger partial charge is 0.486 e. The van der Waals surface area contributed by atoms with Crippen LogP contribution in [0.4, 0.5) is 5.69 Å². The van der Waals surface area contributed by atoms with Crippen LogP contribution in [0.2, 0.25) is 0 Å². The Morgan fingerprint density at radius 3 is 2.94 bits per heavy atom. The number of pyridine rings is 1. The van der Waals surface area contributed by atoms with Gasteiger partial charge in [0.2, 0.25) is 0 Å². The summed E-state index contributed by atoms with van der Waals surface area (Å²) in [6.45, 7) is 5.16. The molecule has 1 atom stereocenters. The number of anilines is 1. The quantitative estimate of drug-likeness (QED) is 0.824. The number of benzene rings is 1. The number of aromatic nitrogens is 1. The third-order valence-electron chi connectivity index (χ3n) is 2.67. The molecule has 2 aromatic rings. The fraction of sp³-hybridized carbons (Fsp3) is 0.357. The van der Waals surface area contributed by atoms with E-state index >= 15 is 0 Å².